The number of hydrogen-bond donors (Lipinski definition) is 1. The average molecular weight is 286 g/mol. The molecule has 0 amide bonds. The zero-order chi connectivity index (χ0) is 11.8. The number of aliphatic imine (C=N–C) groups is 1. The van der Waals surface area contributed by atoms with Crippen molar-refractivity contribution in [2.75, 3.05) is 0 Å². The van der Waals surface area contributed by atoms with E-state index in [1.54, 1.807) is 0 Å². The van der Waals surface area contributed by atoms with E-state index in [9.17, 15) is 14.3 Å². The molecule has 1 aromatic rings. The van der Waals surface area contributed by atoms with Crippen molar-refractivity contribution in [3.8, 4) is 5.75 Å². The molecular formula is C11H9BrFNO2. The summed E-state index contributed by atoms with van der Waals surface area (Å²) in [4.78, 5) is 14.1. The first-order valence-corrected chi connectivity index (χ1v) is 5.66. The maximum absolute atomic E-state index is 13.9. The smallest absolute Gasteiger partial charge is 0.235 e. The molecule has 1 aliphatic rings. The van der Waals surface area contributed by atoms with E-state index in [2.05, 4.69) is 20.9 Å². The number of carbonyl (C=O) groups excluding carboxylic acids is 1. The van der Waals surface area contributed by atoms with Crippen molar-refractivity contribution < 1.29 is 14.3 Å². The van der Waals surface area contributed by atoms with Crippen LogP contribution in [0.15, 0.2) is 21.6 Å². The number of aromatic hydroxyl groups is 1. The minimum absolute atomic E-state index is 0.0115. The highest BCUT2D eigenvalue weighted by Crippen LogP contribution is 2.47. The Kier molecular flexibility index (Phi) is 2.82. The molecule has 0 radical (unpaired) electrons. The van der Waals surface area contributed by atoms with Crippen LogP contribution in [0.1, 0.15) is 24.8 Å². The second-order valence-corrected chi connectivity index (χ2v) is 4.64. The lowest BCUT2D eigenvalue weighted by atomic mass is 9.72. The van der Waals surface area contributed by atoms with Gasteiger partial charge in [0.05, 0.1) is 4.47 Å². The molecule has 0 aliphatic heterocycles. The van der Waals surface area contributed by atoms with Gasteiger partial charge in [-0.05, 0) is 47.3 Å². The van der Waals surface area contributed by atoms with Crippen LogP contribution in [0.2, 0.25) is 0 Å². The van der Waals surface area contributed by atoms with Gasteiger partial charge in [0.15, 0.2) is 0 Å². The van der Waals surface area contributed by atoms with Crippen LogP contribution in [0, 0.1) is 5.82 Å². The number of halogens is 2. The molecule has 1 saturated carbocycles. The molecule has 0 atom stereocenters. The standard InChI is InChI=1S/C11H9BrFNO2/c12-9-8(16)3-2-7(10(9)13)11(14-6-15)4-1-5-11/h2-3,16H,1,4-5H2. The molecule has 0 unspecified atom stereocenters. The predicted octanol–water partition coefficient (Wildman–Crippen LogP) is 3.01. The van der Waals surface area contributed by atoms with Crippen LogP contribution in [0.4, 0.5) is 4.39 Å². The molecule has 0 spiro atoms. The first-order chi connectivity index (χ1) is 7.60. The van der Waals surface area contributed by atoms with Crippen molar-refractivity contribution in [3.05, 3.63) is 28.0 Å². The topological polar surface area (TPSA) is 49.7 Å². The second kappa shape index (κ2) is 4.00. The average Bonchev–Trinajstić information content (AvgIpc) is 2.21. The zero-order valence-corrected chi connectivity index (χ0v) is 9.92. The van der Waals surface area contributed by atoms with Crippen LogP contribution in [0.5, 0.6) is 5.75 Å². The summed E-state index contributed by atoms with van der Waals surface area (Å²) in [5.74, 6) is -0.718. The molecule has 0 heterocycles. The first kappa shape index (κ1) is 11.3. The largest absolute Gasteiger partial charge is 0.507 e. The number of hydrogen-bond acceptors (Lipinski definition) is 3. The molecule has 0 saturated heterocycles. The summed E-state index contributed by atoms with van der Waals surface area (Å²) in [6.07, 6.45) is 3.68. The van der Waals surface area contributed by atoms with E-state index in [4.69, 9.17) is 0 Å². The van der Waals surface area contributed by atoms with Crippen LogP contribution in [0.3, 0.4) is 0 Å². The normalized spacial score (nSPS) is 17.4. The predicted molar refractivity (Wildman–Crippen MR) is 59.4 cm³/mol. The van der Waals surface area contributed by atoms with E-state index < -0.39 is 11.4 Å². The number of rotatable bonds is 2. The van der Waals surface area contributed by atoms with E-state index in [0.717, 1.165) is 6.42 Å². The highest BCUT2D eigenvalue weighted by molar-refractivity contribution is 9.10. The molecule has 2 rings (SSSR count). The van der Waals surface area contributed by atoms with Crippen molar-refractivity contribution in [1.82, 2.24) is 0 Å². The van der Waals surface area contributed by atoms with E-state index in [1.807, 2.05) is 0 Å². The Hall–Kier alpha value is -1.19. The number of benzene rings is 1. The van der Waals surface area contributed by atoms with Gasteiger partial charge in [0.1, 0.15) is 17.1 Å². The second-order valence-electron chi connectivity index (χ2n) is 3.85. The third-order valence-corrected chi connectivity index (χ3v) is 3.76. The molecule has 1 aliphatic carbocycles. The summed E-state index contributed by atoms with van der Waals surface area (Å²) in [6, 6.07) is 2.86. The Morgan fingerprint density at radius 1 is 1.50 bits per heavy atom. The fraction of sp³-hybridized carbons (Fsp3) is 0.364. The Balaban J connectivity index is 2.55. The molecule has 84 valence electrons. The van der Waals surface area contributed by atoms with Crippen molar-refractivity contribution in [1.29, 1.82) is 0 Å². The van der Waals surface area contributed by atoms with E-state index >= 15 is 0 Å². The Labute approximate surface area is 100 Å². The molecule has 1 fully saturated rings. The summed E-state index contributed by atoms with van der Waals surface area (Å²) < 4.78 is 13.9. The number of nitrogens with zero attached hydrogens (tertiary/aromatic N) is 1. The van der Waals surface area contributed by atoms with Gasteiger partial charge in [0, 0.05) is 5.56 Å². The maximum Gasteiger partial charge on any atom is 0.235 e. The van der Waals surface area contributed by atoms with Crippen LogP contribution >= 0.6 is 15.9 Å². The minimum atomic E-state index is -0.776. The third kappa shape index (κ3) is 1.56. The number of phenols is 1. The van der Waals surface area contributed by atoms with Crippen LogP contribution in [0.25, 0.3) is 0 Å². The summed E-state index contributed by atoms with van der Waals surface area (Å²) in [5, 5.41) is 9.32. The van der Waals surface area contributed by atoms with E-state index in [-0.39, 0.29) is 10.2 Å². The quantitative estimate of drug-likeness (QED) is 0.671. The molecular weight excluding hydrogens is 277 g/mol. The lowest BCUT2D eigenvalue weighted by Gasteiger charge is -2.37. The van der Waals surface area contributed by atoms with Gasteiger partial charge in [-0.1, -0.05) is 0 Å². The minimum Gasteiger partial charge on any atom is -0.507 e. The SMILES string of the molecule is O=C=NC1(c2ccc(O)c(Br)c2F)CCC1. The van der Waals surface area contributed by atoms with Gasteiger partial charge in [0.2, 0.25) is 6.08 Å². The van der Waals surface area contributed by atoms with Crippen molar-refractivity contribution in [3.63, 3.8) is 0 Å². The zero-order valence-electron chi connectivity index (χ0n) is 8.33. The Morgan fingerprint density at radius 3 is 2.69 bits per heavy atom. The van der Waals surface area contributed by atoms with Gasteiger partial charge >= 0.3 is 0 Å². The van der Waals surface area contributed by atoms with E-state index in [1.165, 1.54) is 18.2 Å². The van der Waals surface area contributed by atoms with Gasteiger partial charge in [-0.2, -0.15) is 4.99 Å². The molecule has 0 aromatic heterocycles. The number of isocyanates is 1. The van der Waals surface area contributed by atoms with Gasteiger partial charge in [-0.3, -0.25) is 0 Å². The third-order valence-electron chi connectivity index (χ3n) is 3.00. The van der Waals surface area contributed by atoms with Gasteiger partial charge in [-0.15, -0.1) is 0 Å². The fourth-order valence-corrected chi connectivity index (χ4v) is 2.28. The van der Waals surface area contributed by atoms with Gasteiger partial charge in [0.25, 0.3) is 0 Å². The molecule has 1 N–H and O–H groups in total. The molecule has 5 heteroatoms. The fourth-order valence-electron chi connectivity index (χ4n) is 1.94. The summed E-state index contributed by atoms with van der Waals surface area (Å²) in [5.41, 5.74) is -0.436. The van der Waals surface area contributed by atoms with E-state index in [0.29, 0.717) is 18.4 Å². The summed E-state index contributed by atoms with van der Waals surface area (Å²) in [7, 11) is 0. The summed E-state index contributed by atoms with van der Waals surface area (Å²) in [6.45, 7) is 0. The van der Waals surface area contributed by atoms with Gasteiger partial charge in [-0.25, -0.2) is 9.18 Å². The number of phenolic OH excluding ortho intramolecular Hbond substituents is 1. The molecule has 3 nitrogen and oxygen atoms in total. The Bertz CT molecular complexity index is 479. The first-order valence-electron chi connectivity index (χ1n) is 4.87. The maximum atomic E-state index is 13.9. The lowest BCUT2D eigenvalue weighted by molar-refractivity contribution is 0.246. The molecule has 0 bridgehead atoms. The van der Waals surface area contributed by atoms with Crippen LogP contribution in [-0.4, -0.2) is 11.2 Å². The molecule has 1 aromatic carbocycles. The van der Waals surface area contributed by atoms with Crippen LogP contribution in [-0.2, 0) is 10.3 Å². The highest BCUT2D eigenvalue weighted by atomic mass is 79.9. The van der Waals surface area contributed by atoms with Crippen LogP contribution < -0.4 is 0 Å². The lowest BCUT2D eigenvalue weighted by Crippen LogP contribution is -2.33. The highest BCUT2D eigenvalue weighted by Gasteiger charge is 2.41. The molecule has 16 heavy (non-hydrogen) atoms. The van der Waals surface area contributed by atoms with Gasteiger partial charge < -0.3 is 5.11 Å². The Morgan fingerprint density at radius 2 is 2.19 bits per heavy atom. The van der Waals surface area contributed by atoms with Crippen molar-refractivity contribution in [2.24, 2.45) is 4.99 Å². The monoisotopic (exact) mass is 285 g/mol. The summed E-state index contributed by atoms with van der Waals surface area (Å²) >= 11 is 2.96. The van der Waals surface area contributed by atoms with Crippen molar-refractivity contribution >= 4 is 22.0 Å². The van der Waals surface area contributed by atoms with Crippen molar-refractivity contribution in [2.45, 2.75) is 24.8 Å².